The second-order valence-corrected chi connectivity index (χ2v) is 5.63. The van der Waals surface area contributed by atoms with Crippen LogP contribution in [0.2, 0.25) is 5.02 Å². The molecule has 5 nitrogen and oxygen atoms in total. The van der Waals surface area contributed by atoms with Gasteiger partial charge in [0.15, 0.2) is 0 Å². The van der Waals surface area contributed by atoms with E-state index in [0.717, 1.165) is 0 Å². The summed E-state index contributed by atoms with van der Waals surface area (Å²) < 4.78 is 5.21. The van der Waals surface area contributed by atoms with Crippen molar-refractivity contribution in [2.45, 2.75) is 20.3 Å². The zero-order valence-corrected chi connectivity index (χ0v) is 13.7. The lowest BCUT2D eigenvalue weighted by Gasteiger charge is -2.19. The van der Waals surface area contributed by atoms with Crippen molar-refractivity contribution in [1.82, 2.24) is 4.90 Å². The first-order valence-corrected chi connectivity index (χ1v) is 7.92. The van der Waals surface area contributed by atoms with Crippen LogP contribution in [0.4, 0.5) is 5.69 Å². The third-order valence-corrected chi connectivity index (χ3v) is 4.15. The summed E-state index contributed by atoms with van der Waals surface area (Å²) in [5.41, 5.74) is 0.989. The van der Waals surface area contributed by atoms with Gasteiger partial charge >= 0.3 is 0 Å². The van der Waals surface area contributed by atoms with E-state index in [9.17, 15) is 9.59 Å². The lowest BCUT2D eigenvalue weighted by molar-refractivity contribution is -0.119. The highest BCUT2D eigenvalue weighted by atomic mass is 35.5. The Labute approximate surface area is 135 Å². The molecule has 1 aromatic carbocycles. The van der Waals surface area contributed by atoms with Gasteiger partial charge in [0.25, 0.3) is 5.91 Å². The number of benzene rings is 1. The van der Waals surface area contributed by atoms with Crippen LogP contribution in [0, 0.1) is 5.92 Å². The van der Waals surface area contributed by atoms with Gasteiger partial charge in [-0.1, -0.05) is 11.6 Å². The minimum absolute atomic E-state index is 0.0682. The van der Waals surface area contributed by atoms with Gasteiger partial charge in [0, 0.05) is 25.3 Å². The second-order valence-electron chi connectivity index (χ2n) is 5.22. The van der Waals surface area contributed by atoms with Crippen LogP contribution in [-0.2, 0) is 9.53 Å². The number of carbonyl (C=O) groups is 2. The van der Waals surface area contributed by atoms with E-state index < -0.39 is 0 Å². The molecular formula is C16H21ClN2O3. The van der Waals surface area contributed by atoms with Crippen molar-refractivity contribution in [3.05, 3.63) is 28.8 Å². The van der Waals surface area contributed by atoms with Crippen LogP contribution in [-0.4, -0.2) is 43.0 Å². The Morgan fingerprint density at radius 2 is 2.09 bits per heavy atom. The summed E-state index contributed by atoms with van der Waals surface area (Å²) >= 11 is 6.13. The number of hydrogen-bond acceptors (Lipinski definition) is 3. The average molecular weight is 325 g/mol. The van der Waals surface area contributed by atoms with Crippen LogP contribution in [0.15, 0.2) is 18.2 Å². The third-order valence-electron chi connectivity index (χ3n) is 3.82. The van der Waals surface area contributed by atoms with Crippen molar-refractivity contribution < 1.29 is 14.3 Å². The van der Waals surface area contributed by atoms with Crippen LogP contribution in [0.5, 0.6) is 0 Å². The number of rotatable bonds is 5. The van der Waals surface area contributed by atoms with Crippen LogP contribution >= 0.6 is 11.6 Å². The monoisotopic (exact) mass is 324 g/mol. The maximum atomic E-state index is 12.4. The molecule has 0 aliphatic carbocycles. The molecule has 1 fully saturated rings. The Morgan fingerprint density at radius 1 is 1.36 bits per heavy atom. The maximum absolute atomic E-state index is 12.4. The summed E-state index contributed by atoms with van der Waals surface area (Å²) in [6.45, 7) is 6.17. The number of hydrogen-bond donors (Lipinski definition) is 1. The van der Waals surface area contributed by atoms with E-state index in [0.29, 0.717) is 49.0 Å². The van der Waals surface area contributed by atoms with Crippen molar-refractivity contribution in [3.8, 4) is 0 Å². The van der Waals surface area contributed by atoms with Crippen molar-refractivity contribution in [1.29, 1.82) is 0 Å². The zero-order chi connectivity index (χ0) is 16.1. The lowest BCUT2D eigenvalue weighted by atomic mass is 10.1. The molecule has 120 valence electrons. The molecule has 6 heteroatoms. The minimum Gasteiger partial charge on any atom is -0.381 e. The van der Waals surface area contributed by atoms with E-state index in [2.05, 4.69) is 5.32 Å². The molecule has 0 radical (unpaired) electrons. The number of nitrogens with one attached hydrogen (secondary N) is 1. The molecule has 22 heavy (non-hydrogen) atoms. The van der Waals surface area contributed by atoms with E-state index in [1.165, 1.54) is 0 Å². The summed E-state index contributed by atoms with van der Waals surface area (Å²) in [4.78, 5) is 26.2. The number of ether oxygens (including phenoxy) is 1. The highest BCUT2D eigenvalue weighted by molar-refractivity contribution is 6.33. The molecular weight excluding hydrogens is 304 g/mol. The van der Waals surface area contributed by atoms with Crippen molar-refractivity contribution in [3.63, 3.8) is 0 Å². The maximum Gasteiger partial charge on any atom is 0.253 e. The highest BCUT2D eigenvalue weighted by Crippen LogP contribution is 2.25. The molecule has 1 aromatic rings. The van der Waals surface area contributed by atoms with E-state index in [1.807, 2.05) is 13.8 Å². The van der Waals surface area contributed by atoms with E-state index in [1.54, 1.807) is 23.1 Å². The molecule has 2 amide bonds. The van der Waals surface area contributed by atoms with Crippen LogP contribution in [0.1, 0.15) is 30.6 Å². The SMILES string of the molecule is CCN(CC)C(=O)c1ccc(Cl)c(NC(=O)[C@@H]2CCOC2)c1. The number of halogens is 1. The van der Waals surface area contributed by atoms with Gasteiger partial charge in [0.05, 0.1) is 23.2 Å². The van der Waals surface area contributed by atoms with Crippen molar-refractivity contribution in [2.75, 3.05) is 31.6 Å². The smallest absolute Gasteiger partial charge is 0.253 e. The fourth-order valence-electron chi connectivity index (χ4n) is 2.42. The average Bonchev–Trinajstić information content (AvgIpc) is 3.05. The summed E-state index contributed by atoms with van der Waals surface area (Å²) in [5, 5.41) is 3.22. The van der Waals surface area contributed by atoms with Gasteiger partial charge in [0.1, 0.15) is 0 Å². The van der Waals surface area contributed by atoms with Gasteiger partial charge in [-0.15, -0.1) is 0 Å². The Hall–Kier alpha value is -1.59. The molecule has 0 aromatic heterocycles. The van der Waals surface area contributed by atoms with E-state index in [-0.39, 0.29) is 17.7 Å². The minimum atomic E-state index is -0.154. The van der Waals surface area contributed by atoms with Crippen molar-refractivity contribution >= 4 is 29.1 Å². The third kappa shape index (κ3) is 3.78. The Morgan fingerprint density at radius 3 is 2.68 bits per heavy atom. The largest absolute Gasteiger partial charge is 0.381 e. The number of carbonyl (C=O) groups excluding carboxylic acids is 2. The van der Waals surface area contributed by atoms with E-state index in [4.69, 9.17) is 16.3 Å². The fourth-order valence-corrected chi connectivity index (χ4v) is 2.59. The first kappa shape index (κ1) is 16.8. The van der Waals surface area contributed by atoms with Crippen LogP contribution < -0.4 is 5.32 Å². The first-order valence-electron chi connectivity index (χ1n) is 7.54. The van der Waals surface area contributed by atoms with E-state index >= 15 is 0 Å². The molecule has 2 rings (SSSR count). The second kappa shape index (κ2) is 7.61. The Balaban J connectivity index is 2.16. The normalized spacial score (nSPS) is 17.3. The number of nitrogens with zero attached hydrogens (tertiary/aromatic N) is 1. The molecule has 0 unspecified atom stereocenters. The highest BCUT2D eigenvalue weighted by Gasteiger charge is 2.24. The molecule has 0 spiro atoms. The van der Waals surface area contributed by atoms with Crippen LogP contribution in [0.3, 0.4) is 0 Å². The molecule has 1 N–H and O–H groups in total. The van der Waals surface area contributed by atoms with Gasteiger partial charge in [-0.25, -0.2) is 0 Å². The molecule has 0 saturated carbocycles. The predicted octanol–water partition coefficient (Wildman–Crippen LogP) is 2.80. The Bertz CT molecular complexity index is 552. The fraction of sp³-hybridized carbons (Fsp3) is 0.500. The molecule has 1 heterocycles. The van der Waals surface area contributed by atoms with Gasteiger partial charge in [-0.05, 0) is 38.5 Å². The zero-order valence-electron chi connectivity index (χ0n) is 12.9. The topological polar surface area (TPSA) is 58.6 Å². The standard InChI is InChI=1S/C16H21ClN2O3/c1-3-19(4-2)16(21)11-5-6-13(17)14(9-11)18-15(20)12-7-8-22-10-12/h5-6,9,12H,3-4,7-8,10H2,1-2H3,(H,18,20)/t12-/m1/s1. The molecule has 1 aliphatic heterocycles. The van der Waals surface area contributed by atoms with Gasteiger partial charge < -0.3 is 15.0 Å². The quantitative estimate of drug-likeness (QED) is 0.906. The van der Waals surface area contributed by atoms with Crippen molar-refractivity contribution in [2.24, 2.45) is 5.92 Å². The molecule has 1 saturated heterocycles. The first-order chi connectivity index (χ1) is 10.6. The molecule has 1 atom stereocenters. The summed E-state index contributed by atoms with van der Waals surface area (Å²) in [5.74, 6) is -0.341. The molecule has 0 bridgehead atoms. The summed E-state index contributed by atoms with van der Waals surface area (Å²) in [6, 6.07) is 4.95. The predicted molar refractivity (Wildman–Crippen MR) is 86.3 cm³/mol. The summed E-state index contributed by atoms with van der Waals surface area (Å²) in [6.07, 6.45) is 0.710. The molecule has 1 aliphatic rings. The van der Waals surface area contributed by atoms with Gasteiger partial charge in [-0.2, -0.15) is 0 Å². The van der Waals surface area contributed by atoms with Crippen LogP contribution in [0.25, 0.3) is 0 Å². The summed E-state index contributed by atoms with van der Waals surface area (Å²) in [7, 11) is 0. The van der Waals surface area contributed by atoms with Gasteiger partial charge in [0.2, 0.25) is 5.91 Å². The number of anilines is 1. The number of amides is 2. The lowest BCUT2D eigenvalue weighted by Crippen LogP contribution is -2.30. The Kier molecular flexibility index (Phi) is 5.80. The van der Waals surface area contributed by atoms with Gasteiger partial charge in [-0.3, -0.25) is 9.59 Å².